The Balaban J connectivity index is 2.42. The van der Waals surface area contributed by atoms with Crippen LogP contribution in [0.1, 0.15) is 40.0 Å². The zero-order valence-electron chi connectivity index (χ0n) is 12.9. The number of urea groups is 1. The van der Waals surface area contributed by atoms with E-state index < -0.39 is 6.03 Å². The van der Waals surface area contributed by atoms with Crippen molar-refractivity contribution in [2.75, 3.05) is 26.2 Å². The maximum atomic E-state index is 12.0. The number of hydrogen-bond donors (Lipinski definition) is 3. The molecule has 0 bridgehead atoms. The zero-order valence-corrected chi connectivity index (χ0v) is 12.9. The maximum Gasteiger partial charge on any atom is 0.321 e. The lowest BCUT2D eigenvalue weighted by molar-refractivity contribution is -0.125. The highest BCUT2D eigenvalue weighted by Crippen LogP contribution is 2.13. The first-order valence-electron chi connectivity index (χ1n) is 7.64. The molecule has 0 aromatic carbocycles. The summed E-state index contributed by atoms with van der Waals surface area (Å²) in [7, 11) is 0. The summed E-state index contributed by atoms with van der Waals surface area (Å²) in [5, 5.41) is 8.46. The van der Waals surface area contributed by atoms with Gasteiger partial charge < -0.3 is 10.6 Å². The molecular weight excluding hydrogens is 256 g/mol. The van der Waals surface area contributed by atoms with Gasteiger partial charge in [-0.05, 0) is 46.2 Å². The highest BCUT2D eigenvalue weighted by atomic mass is 16.2. The molecule has 0 aromatic rings. The minimum atomic E-state index is -0.415. The smallest absolute Gasteiger partial charge is 0.321 e. The fraction of sp³-hybridized carbons (Fsp3) is 0.857. The Morgan fingerprint density at radius 1 is 1.35 bits per heavy atom. The van der Waals surface area contributed by atoms with E-state index >= 15 is 0 Å². The number of rotatable bonds is 6. The molecular formula is C14H28N4O2. The Hall–Kier alpha value is -1.14. The van der Waals surface area contributed by atoms with Crippen LogP contribution < -0.4 is 16.0 Å². The van der Waals surface area contributed by atoms with Crippen molar-refractivity contribution >= 4 is 11.9 Å². The summed E-state index contributed by atoms with van der Waals surface area (Å²) >= 11 is 0. The molecule has 0 aliphatic carbocycles. The minimum Gasteiger partial charge on any atom is -0.338 e. The largest absolute Gasteiger partial charge is 0.338 e. The summed E-state index contributed by atoms with van der Waals surface area (Å²) in [6.45, 7) is 9.13. The Morgan fingerprint density at radius 3 is 2.75 bits per heavy atom. The highest BCUT2D eigenvalue weighted by Gasteiger charge is 2.27. The molecule has 6 nitrogen and oxygen atoms in total. The predicted octanol–water partition coefficient (Wildman–Crippen LogP) is 0.685. The average Bonchev–Trinajstić information content (AvgIpc) is 2.44. The van der Waals surface area contributed by atoms with Gasteiger partial charge in [0.2, 0.25) is 5.91 Å². The molecule has 0 radical (unpaired) electrons. The van der Waals surface area contributed by atoms with Gasteiger partial charge in [0.25, 0.3) is 0 Å². The van der Waals surface area contributed by atoms with Crippen molar-refractivity contribution in [2.24, 2.45) is 0 Å². The molecule has 116 valence electrons. The lowest BCUT2D eigenvalue weighted by Crippen LogP contribution is -2.55. The van der Waals surface area contributed by atoms with Gasteiger partial charge in [0.1, 0.15) is 0 Å². The van der Waals surface area contributed by atoms with Crippen molar-refractivity contribution < 1.29 is 9.59 Å². The van der Waals surface area contributed by atoms with Crippen LogP contribution in [-0.4, -0.2) is 55.1 Å². The SMILES string of the molecule is CCCNC1CCCN(C(C)C(=O)NC(=O)NCC)C1. The quantitative estimate of drug-likeness (QED) is 0.671. The van der Waals surface area contributed by atoms with Crippen molar-refractivity contribution in [3.8, 4) is 0 Å². The third-order valence-electron chi connectivity index (χ3n) is 3.64. The summed E-state index contributed by atoms with van der Waals surface area (Å²) < 4.78 is 0. The van der Waals surface area contributed by atoms with Gasteiger partial charge in [-0.2, -0.15) is 0 Å². The van der Waals surface area contributed by atoms with Gasteiger partial charge in [-0.25, -0.2) is 4.79 Å². The second-order valence-corrected chi connectivity index (χ2v) is 5.31. The molecule has 3 amide bonds. The summed E-state index contributed by atoms with van der Waals surface area (Å²) in [4.78, 5) is 25.5. The van der Waals surface area contributed by atoms with Crippen LogP contribution in [0.4, 0.5) is 4.79 Å². The summed E-state index contributed by atoms with van der Waals surface area (Å²) in [5.74, 6) is -0.230. The minimum absolute atomic E-state index is 0.230. The summed E-state index contributed by atoms with van der Waals surface area (Å²) in [6.07, 6.45) is 3.35. The molecule has 6 heteroatoms. The van der Waals surface area contributed by atoms with Gasteiger partial charge in [-0.1, -0.05) is 6.92 Å². The zero-order chi connectivity index (χ0) is 15.0. The molecule has 1 aliphatic rings. The number of nitrogens with zero attached hydrogens (tertiary/aromatic N) is 1. The third-order valence-corrected chi connectivity index (χ3v) is 3.64. The number of carbonyl (C=O) groups excluding carboxylic acids is 2. The van der Waals surface area contributed by atoms with E-state index in [2.05, 4.69) is 27.8 Å². The van der Waals surface area contributed by atoms with Gasteiger partial charge in [-0.3, -0.25) is 15.0 Å². The molecule has 3 N–H and O–H groups in total. The number of carbonyl (C=O) groups is 2. The molecule has 1 saturated heterocycles. The van der Waals surface area contributed by atoms with E-state index in [0.29, 0.717) is 12.6 Å². The van der Waals surface area contributed by atoms with Crippen LogP contribution in [-0.2, 0) is 4.79 Å². The van der Waals surface area contributed by atoms with Crippen molar-refractivity contribution in [2.45, 2.75) is 52.1 Å². The fourth-order valence-electron chi connectivity index (χ4n) is 2.46. The molecule has 0 spiro atoms. The van der Waals surface area contributed by atoms with Gasteiger partial charge >= 0.3 is 6.03 Å². The fourth-order valence-corrected chi connectivity index (χ4v) is 2.46. The maximum absolute atomic E-state index is 12.0. The lowest BCUT2D eigenvalue weighted by atomic mass is 10.0. The van der Waals surface area contributed by atoms with Crippen molar-refractivity contribution in [1.82, 2.24) is 20.9 Å². The van der Waals surface area contributed by atoms with Gasteiger partial charge in [-0.15, -0.1) is 0 Å². The number of piperidine rings is 1. The van der Waals surface area contributed by atoms with Crippen LogP contribution in [0, 0.1) is 0 Å². The first-order valence-corrected chi connectivity index (χ1v) is 7.64. The van der Waals surface area contributed by atoms with E-state index in [-0.39, 0.29) is 11.9 Å². The second kappa shape index (κ2) is 8.92. The average molecular weight is 284 g/mol. The normalized spacial score (nSPS) is 21.2. The molecule has 20 heavy (non-hydrogen) atoms. The van der Waals surface area contributed by atoms with Gasteiger partial charge in [0.05, 0.1) is 6.04 Å². The molecule has 2 atom stereocenters. The van der Waals surface area contributed by atoms with Crippen LogP contribution in [0.15, 0.2) is 0 Å². The van der Waals surface area contributed by atoms with E-state index in [1.165, 1.54) is 0 Å². The lowest BCUT2D eigenvalue weighted by Gasteiger charge is -2.36. The van der Waals surface area contributed by atoms with Crippen molar-refractivity contribution in [3.05, 3.63) is 0 Å². The molecule has 0 saturated carbocycles. The molecule has 1 aliphatic heterocycles. The number of amides is 3. The highest BCUT2D eigenvalue weighted by molar-refractivity contribution is 5.96. The Bertz CT molecular complexity index is 322. The third kappa shape index (κ3) is 5.46. The van der Waals surface area contributed by atoms with E-state index in [4.69, 9.17) is 0 Å². The first kappa shape index (κ1) is 16.9. The van der Waals surface area contributed by atoms with E-state index in [9.17, 15) is 9.59 Å². The number of hydrogen-bond acceptors (Lipinski definition) is 4. The Kier molecular flexibility index (Phi) is 7.54. The van der Waals surface area contributed by atoms with Crippen molar-refractivity contribution in [1.29, 1.82) is 0 Å². The molecule has 0 aromatic heterocycles. The predicted molar refractivity (Wildman–Crippen MR) is 79.6 cm³/mol. The van der Waals surface area contributed by atoms with Crippen molar-refractivity contribution in [3.63, 3.8) is 0 Å². The monoisotopic (exact) mass is 284 g/mol. The first-order chi connectivity index (χ1) is 9.58. The molecule has 2 unspecified atom stereocenters. The number of imide groups is 1. The number of likely N-dealkylation sites (tertiary alicyclic amines) is 1. The topological polar surface area (TPSA) is 73.5 Å². The molecule has 1 rings (SSSR count). The van der Waals surface area contributed by atoms with Crippen LogP contribution >= 0.6 is 0 Å². The standard InChI is InChI=1S/C14H28N4O2/c1-4-8-16-12-7-6-9-18(10-12)11(3)13(19)17-14(20)15-5-2/h11-12,16H,4-10H2,1-3H3,(H2,15,17,19,20). The second-order valence-electron chi connectivity index (χ2n) is 5.31. The molecule has 1 fully saturated rings. The molecule has 1 heterocycles. The van der Waals surface area contributed by atoms with Crippen LogP contribution in [0.5, 0.6) is 0 Å². The van der Waals surface area contributed by atoms with Gasteiger partial charge in [0.15, 0.2) is 0 Å². The van der Waals surface area contributed by atoms with E-state index in [1.54, 1.807) is 0 Å². The van der Waals surface area contributed by atoms with Crippen LogP contribution in [0.3, 0.4) is 0 Å². The van der Waals surface area contributed by atoms with Crippen LogP contribution in [0.25, 0.3) is 0 Å². The summed E-state index contributed by atoms with van der Waals surface area (Å²) in [5.41, 5.74) is 0. The van der Waals surface area contributed by atoms with Crippen LogP contribution in [0.2, 0.25) is 0 Å². The number of nitrogens with one attached hydrogen (secondary N) is 3. The van der Waals surface area contributed by atoms with E-state index in [1.807, 2.05) is 13.8 Å². The summed E-state index contributed by atoms with van der Waals surface area (Å²) in [6, 6.07) is -0.241. The van der Waals surface area contributed by atoms with E-state index in [0.717, 1.165) is 38.9 Å². The van der Waals surface area contributed by atoms with Gasteiger partial charge in [0, 0.05) is 19.1 Å². The Morgan fingerprint density at radius 2 is 2.10 bits per heavy atom. The Labute approximate surface area is 121 Å².